The van der Waals surface area contributed by atoms with E-state index >= 15 is 0 Å². The SMILES string of the molecule is CCCn1ncc(Br)c1C(=O)c1c(F)cccc1Br. The molecule has 0 N–H and O–H groups in total. The molecule has 0 atom stereocenters. The monoisotopic (exact) mass is 388 g/mol. The molecule has 0 saturated carbocycles. The molecule has 6 heteroatoms. The topological polar surface area (TPSA) is 34.9 Å². The summed E-state index contributed by atoms with van der Waals surface area (Å²) in [4.78, 5) is 12.5. The Balaban J connectivity index is 2.53. The van der Waals surface area contributed by atoms with Gasteiger partial charge in [-0.3, -0.25) is 9.48 Å². The van der Waals surface area contributed by atoms with Crippen molar-refractivity contribution < 1.29 is 9.18 Å². The fourth-order valence-electron chi connectivity index (χ4n) is 1.80. The van der Waals surface area contributed by atoms with Gasteiger partial charge in [0.05, 0.1) is 16.2 Å². The number of aromatic nitrogens is 2. The second kappa shape index (κ2) is 5.96. The van der Waals surface area contributed by atoms with Crippen LogP contribution in [0.15, 0.2) is 33.3 Å². The zero-order valence-corrected chi connectivity index (χ0v) is 13.3. The van der Waals surface area contributed by atoms with Gasteiger partial charge in [0.15, 0.2) is 0 Å². The van der Waals surface area contributed by atoms with E-state index in [-0.39, 0.29) is 11.3 Å². The van der Waals surface area contributed by atoms with Gasteiger partial charge < -0.3 is 0 Å². The van der Waals surface area contributed by atoms with Gasteiger partial charge in [0.1, 0.15) is 11.5 Å². The van der Waals surface area contributed by atoms with Crippen molar-refractivity contribution in [2.75, 3.05) is 0 Å². The Kier molecular flexibility index (Phi) is 4.52. The van der Waals surface area contributed by atoms with Gasteiger partial charge in [-0.05, 0) is 50.4 Å². The summed E-state index contributed by atoms with van der Waals surface area (Å²) in [7, 11) is 0. The number of carbonyl (C=O) groups is 1. The minimum Gasteiger partial charge on any atom is -0.287 e. The molecule has 0 unspecified atom stereocenters. The van der Waals surface area contributed by atoms with Crippen LogP contribution in [0.1, 0.15) is 29.4 Å². The molecule has 1 aromatic heterocycles. The van der Waals surface area contributed by atoms with Crippen LogP contribution in [0.25, 0.3) is 0 Å². The predicted molar refractivity (Wildman–Crippen MR) is 77.8 cm³/mol. The lowest BCUT2D eigenvalue weighted by Crippen LogP contribution is -2.14. The van der Waals surface area contributed by atoms with E-state index in [1.54, 1.807) is 23.0 Å². The van der Waals surface area contributed by atoms with Crippen LogP contribution < -0.4 is 0 Å². The third-order valence-corrected chi connectivity index (χ3v) is 3.88. The van der Waals surface area contributed by atoms with Gasteiger partial charge in [0, 0.05) is 11.0 Å². The summed E-state index contributed by atoms with van der Waals surface area (Å²) in [6, 6.07) is 4.46. The number of nitrogens with zero attached hydrogens (tertiary/aromatic N) is 2. The highest BCUT2D eigenvalue weighted by Gasteiger charge is 2.23. The van der Waals surface area contributed by atoms with Crippen LogP contribution in [-0.2, 0) is 6.54 Å². The largest absolute Gasteiger partial charge is 0.287 e. The highest BCUT2D eigenvalue weighted by atomic mass is 79.9. The highest BCUT2D eigenvalue weighted by Crippen LogP contribution is 2.26. The minimum absolute atomic E-state index is 0.0288. The summed E-state index contributed by atoms with van der Waals surface area (Å²) in [5, 5.41) is 4.12. The Labute approximate surface area is 127 Å². The first-order valence-corrected chi connectivity index (χ1v) is 7.34. The van der Waals surface area contributed by atoms with Gasteiger partial charge in [-0.15, -0.1) is 0 Å². The molecule has 2 aromatic rings. The molecule has 0 spiro atoms. The number of halogens is 3. The number of ketones is 1. The minimum atomic E-state index is -0.546. The van der Waals surface area contributed by atoms with E-state index in [1.165, 1.54) is 6.07 Å². The molecule has 0 radical (unpaired) electrons. The van der Waals surface area contributed by atoms with Crippen molar-refractivity contribution in [1.29, 1.82) is 0 Å². The molecular weight excluding hydrogens is 379 g/mol. The highest BCUT2D eigenvalue weighted by molar-refractivity contribution is 9.10. The Hall–Kier alpha value is -1.01. The van der Waals surface area contributed by atoms with Crippen LogP contribution in [0.2, 0.25) is 0 Å². The van der Waals surface area contributed by atoms with Gasteiger partial charge in [-0.1, -0.05) is 13.0 Å². The lowest BCUT2D eigenvalue weighted by Gasteiger charge is -2.08. The molecule has 0 amide bonds. The summed E-state index contributed by atoms with van der Waals surface area (Å²) >= 11 is 6.51. The fourth-order valence-corrected chi connectivity index (χ4v) is 2.80. The van der Waals surface area contributed by atoms with E-state index in [4.69, 9.17) is 0 Å². The molecule has 100 valence electrons. The Morgan fingerprint density at radius 1 is 1.37 bits per heavy atom. The first-order chi connectivity index (χ1) is 9.06. The Morgan fingerprint density at radius 3 is 2.74 bits per heavy atom. The predicted octanol–water partition coefficient (Wildman–Crippen LogP) is 4.19. The molecule has 2 rings (SSSR count). The van der Waals surface area contributed by atoms with Crippen molar-refractivity contribution >= 4 is 37.6 Å². The van der Waals surface area contributed by atoms with Crippen molar-refractivity contribution in [3.05, 3.63) is 50.4 Å². The standard InChI is InChI=1S/C13H11Br2FN2O/c1-2-6-18-12(9(15)7-17-18)13(19)11-8(14)4-3-5-10(11)16/h3-5,7H,2,6H2,1H3. The summed E-state index contributed by atoms with van der Waals surface area (Å²) in [5.74, 6) is -0.932. The second-order valence-corrected chi connectivity index (χ2v) is 5.70. The molecule has 3 nitrogen and oxygen atoms in total. The third kappa shape index (κ3) is 2.79. The normalized spacial score (nSPS) is 10.7. The van der Waals surface area contributed by atoms with Gasteiger partial charge in [0.2, 0.25) is 5.78 Å². The van der Waals surface area contributed by atoms with Crippen LogP contribution in [-0.4, -0.2) is 15.6 Å². The Morgan fingerprint density at radius 2 is 2.11 bits per heavy atom. The zero-order valence-electron chi connectivity index (χ0n) is 10.2. The van der Waals surface area contributed by atoms with Gasteiger partial charge in [0.25, 0.3) is 0 Å². The molecular formula is C13H11Br2FN2O. The number of benzene rings is 1. The average molecular weight is 390 g/mol. The van der Waals surface area contributed by atoms with E-state index in [0.717, 1.165) is 6.42 Å². The molecule has 1 aromatic carbocycles. The van der Waals surface area contributed by atoms with Gasteiger partial charge in [-0.25, -0.2) is 4.39 Å². The van der Waals surface area contributed by atoms with Crippen LogP contribution in [0.4, 0.5) is 4.39 Å². The zero-order chi connectivity index (χ0) is 14.0. The van der Waals surface area contributed by atoms with E-state index < -0.39 is 5.82 Å². The Bertz CT molecular complexity index is 605. The molecule has 0 fully saturated rings. The number of hydrogen-bond donors (Lipinski definition) is 0. The first kappa shape index (κ1) is 14.4. The van der Waals surface area contributed by atoms with Crippen molar-refractivity contribution in [2.24, 2.45) is 0 Å². The smallest absolute Gasteiger partial charge is 0.216 e. The maximum absolute atomic E-state index is 13.8. The van der Waals surface area contributed by atoms with Crippen molar-refractivity contribution in [1.82, 2.24) is 9.78 Å². The first-order valence-electron chi connectivity index (χ1n) is 5.76. The molecule has 0 aliphatic carbocycles. The number of hydrogen-bond acceptors (Lipinski definition) is 2. The van der Waals surface area contributed by atoms with Crippen LogP contribution in [0.3, 0.4) is 0 Å². The molecule has 0 bridgehead atoms. The lowest BCUT2D eigenvalue weighted by atomic mass is 10.1. The van der Waals surface area contributed by atoms with E-state index in [1.807, 2.05) is 6.92 Å². The summed E-state index contributed by atoms with van der Waals surface area (Å²) in [6.45, 7) is 2.60. The fraction of sp³-hybridized carbons (Fsp3) is 0.231. The van der Waals surface area contributed by atoms with Gasteiger partial charge in [-0.2, -0.15) is 5.10 Å². The number of rotatable bonds is 4. The third-order valence-electron chi connectivity index (χ3n) is 2.64. The molecule has 0 aliphatic heterocycles. The van der Waals surface area contributed by atoms with Gasteiger partial charge >= 0.3 is 0 Å². The van der Waals surface area contributed by atoms with E-state index in [9.17, 15) is 9.18 Å². The maximum Gasteiger partial charge on any atom is 0.216 e. The van der Waals surface area contributed by atoms with Crippen molar-refractivity contribution in [2.45, 2.75) is 19.9 Å². The van der Waals surface area contributed by atoms with E-state index in [0.29, 0.717) is 21.2 Å². The quantitative estimate of drug-likeness (QED) is 0.735. The van der Waals surface area contributed by atoms with Crippen molar-refractivity contribution in [3.8, 4) is 0 Å². The summed E-state index contributed by atoms with van der Waals surface area (Å²) in [5.41, 5.74) is 0.397. The molecule has 0 saturated heterocycles. The number of carbonyl (C=O) groups excluding carboxylic acids is 1. The van der Waals surface area contributed by atoms with Crippen LogP contribution >= 0.6 is 31.9 Å². The summed E-state index contributed by atoms with van der Waals surface area (Å²) < 4.78 is 16.4. The number of aryl methyl sites for hydroxylation is 1. The maximum atomic E-state index is 13.8. The lowest BCUT2D eigenvalue weighted by molar-refractivity contribution is 0.102. The second-order valence-electron chi connectivity index (χ2n) is 3.99. The van der Waals surface area contributed by atoms with Crippen LogP contribution in [0.5, 0.6) is 0 Å². The molecule has 0 aliphatic rings. The van der Waals surface area contributed by atoms with Crippen molar-refractivity contribution in [3.63, 3.8) is 0 Å². The van der Waals surface area contributed by atoms with Crippen LogP contribution in [0, 0.1) is 5.82 Å². The molecule has 19 heavy (non-hydrogen) atoms. The average Bonchev–Trinajstić information content (AvgIpc) is 2.70. The summed E-state index contributed by atoms with van der Waals surface area (Å²) in [6.07, 6.45) is 2.39. The van der Waals surface area contributed by atoms with E-state index in [2.05, 4.69) is 37.0 Å². The molecule has 1 heterocycles.